The Labute approximate surface area is 170 Å². The SMILES string of the molecule is CCCCN(C)C(=NC)NCC1CCCN(C(=O)OC(C)(C)C)C1.I. The second-order valence-electron chi connectivity index (χ2n) is 7.64. The summed E-state index contributed by atoms with van der Waals surface area (Å²) < 4.78 is 5.49. The number of nitrogens with zero attached hydrogens (tertiary/aromatic N) is 3. The number of nitrogens with one attached hydrogen (secondary N) is 1. The number of guanidine groups is 1. The summed E-state index contributed by atoms with van der Waals surface area (Å²) in [7, 11) is 3.89. The lowest BCUT2D eigenvalue weighted by Crippen LogP contribution is -2.47. The predicted molar refractivity (Wildman–Crippen MR) is 115 cm³/mol. The molecule has 0 aromatic heterocycles. The Morgan fingerprint density at radius 3 is 2.64 bits per heavy atom. The minimum absolute atomic E-state index is 0. The average Bonchev–Trinajstić information content (AvgIpc) is 2.52. The van der Waals surface area contributed by atoms with E-state index in [0.29, 0.717) is 5.92 Å². The van der Waals surface area contributed by atoms with E-state index in [1.165, 1.54) is 6.42 Å². The molecule has 0 radical (unpaired) electrons. The molecule has 25 heavy (non-hydrogen) atoms. The van der Waals surface area contributed by atoms with Crippen LogP contribution < -0.4 is 5.32 Å². The molecule has 1 fully saturated rings. The van der Waals surface area contributed by atoms with E-state index in [1.807, 2.05) is 32.7 Å². The third-order valence-corrected chi connectivity index (χ3v) is 4.14. The normalized spacial score (nSPS) is 18.4. The Bertz CT molecular complexity index is 424. The van der Waals surface area contributed by atoms with Crippen LogP contribution >= 0.6 is 24.0 Å². The molecule has 148 valence electrons. The van der Waals surface area contributed by atoms with Gasteiger partial charge >= 0.3 is 6.09 Å². The van der Waals surface area contributed by atoms with Crippen LogP contribution in [0.3, 0.4) is 0 Å². The van der Waals surface area contributed by atoms with Crippen molar-refractivity contribution in [2.75, 3.05) is 40.3 Å². The number of hydrogen-bond acceptors (Lipinski definition) is 3. The Hall–Kier alpha value is -0.730. The molecule has 0 aliphatic carbocycles. The van der Waals surface area contributed by atoms with Gasteiger partial charge in [0.1, 0.15) is 5.60 Å². The van der Waals surface area contributed by atoms with Gasteiger partial charge in [0.2, 0.25) is 0 Å². The van der Waals surface area contributed by atoms with Gasteiger partial charge in [0.05, 0.1) is 0 Å². The van der Waals surface area contributed by atoms with E-state index in [1.54, 1.807) is 0 Å². The molecule has 1 aliphatic rings. The highest BCUT2D eigenvalue weighted by Gasteiger charge is 2.27. The van der Waals surface area contributed by atoms with Crippen molar-refractivity contribution in [1.82, 2.24) is 15.1 Å². The Morgan fingerprint density at radius 1 is 1.40 bits per heavy atom. The standard InChI is InChI=1S/C18H36N4O2.HI/c1-7-8-11-21(6)16(19-5)20-13-15-10-9-12-22(14-15)17(23)24-18(2,3)4;/h15H,7-14H2,1-6H3,(H,19,20);1H. The van der Waals surface area contributed by atoms with E-state index in [9.17, 15) is 4.79 Å². The second kappa shape index (κ2) is 11.8. The van der Waals surface area contributed by atoms with Crippen LogP contribution in [0.1, 0.15) is 53.4 Å². The van der Waals surface area contributed by atoms with Crippen LogP contribution in [-0.4, -0.2) is 67.7 Å². The van der Waals surface area contributed by atoms with Gasteiger partial charge in [-0.1, -0.05) is 13.3 Å². The minimum atomic E-state index is -0.438. The summed E-state index contributed by atoms with van der Waals surface area (Å²) in [5.41, 5.74) is -0.438. The number of aliphatic imine (C=N–C) groups is 1. The zero-order valence-corrected chi connectivity index (χ0v) is 19.1. The molecule has 1 rings (SSSR count). The van der Waals surface area contributed by atoms with E-state index in [2.05, 4.69) is 29.2 Å². The Kier molecular flexibility index (Phi) is 11.5. The van der Waals surface area contributed by atoms with Crippen molar-refractivity contribution in [2.24, 2.45) is 10.9 Å². The van der Waals surface area contributed by atoms with Crippen LogP contribution in [0.15, 0.2) is 4.99 Å². The molecular weight excluding hydrogens is 431 g/mol. The van der Waals surface area contributed by atoms with E-state index in [-0.39, 0.29) is 30.1 Å². The third kappa shape index (κ3) is 9.51. The molecule has 1 aliphatic heterocycles. The molecule has 0 aromatic rings. The van der Waals surface area contributed by atoms with Gasteiger partial charge in [-0.3, -0.25) is 4.99 Å². The van der Waals surface area contributed by atoms with Gasteiger partial charge in [-0.15, -0.1) is 24.0 Å². The van der Waals surface area contributed by atoms with E-state index in [4.69, 9.17) is 4.74 Å². The molecule has 0 aromatic carbocycles. The second-order valence-corrected chi connectivity index (χ2v) is 7.64. The number of carbonyl (C=O) groups is 1. The number of piperidine rings is 1. The summed E-state index contributed by atoms with van der Waals surface area (Å²) in [4.78, 5) is 20.6. The lowest BCUT2D eigenvalue weighted by molar-refractivity contribution is 0.0168. The maximum absolute atomic E-state index is 12.2. The van der Waals surface area contributed by atoms with E-state index in [0.717, 1.165) is 51.4 Å². The number of hydrogen-bond donors (Lipinski definition) is 1. The van der Waals surface area contributed by atoms with Crippen molar-refractivity contribution in [3.8, 4) is 0 Å². The molecule has 1 unspecified atom stereocenters. The first-order chi connectivity index (χ1) is 11.3. The summed E-state index contributed by atoms with van der Waals surface area (Å²) in [6.07, 6.45) is 4.29. The fourth-order valence-corrected chi connectivity index (χ4v) is 2.85. The van der Waals surface area contributed by atoms with Gasteiger partial charge < -0.3 is 19.9 Å². The van der Waals surface area contributed by atoms with Gasteiger partial charge in [0.15, 0.2) is 5.96 Å². The smallest absolute Gasteiger partial charge is 0.410 e. The third-order valence-electron chi connectivity index (χ3n) is 4.14. The monoisotopic (exact) mass is 468 g/mol. The van der Waals surface area contributed by atoms with Gasteiger partial charge in [-0.25, -0.2) is 4.79 Å². The molecule has 1 N–H and O–H groups in total. The number of amides is 1. The molecule has 1 saturated heterocycles. The van der Waals surface area contributed by atoms with Crippen molar-refractivity contribution in [3.05, 3.63) is 0 Å². The number of likely N-dealkylation sites (tertiary alicyclic amines) is 1. The van der Waals surface area contributed by atoms with Gasteiger partial charge in [-0.2, -0.15) is 0 Å². The van der Waals surface area contributed by atoms with Crippen molar-refractivity contribution < 1.29 is 9.53 Å². The minimum Gasteiger partial charge on any atom is -0.444 e. The first-order valence-corrected chi connectivity index (χ1v) is 9.16. The van der Waals surface area contributed by atoms with E-state index < -0.39 is 5.60 Å². The van der Waals surface area contributed by atoms with Crippen LogP contribution in [0, 0.1) is 5.92 Å². The molecule has 0 saturated carbocycles. The molecular formula is C18H37IN4O2. The number of rotatable bonds is 5. The molecule has 1 atom stereocenters. The van der Waals surface area contributed by atoms with E-state index >= 15 is 0 Å². The molecule has 6 nitrogen and oxygen atoms in total. The summed E-state index contributed by atoms with van der Waals surface area (Å²) in [5.74, 6) is 1.36. The predicted octanol–water partition coefficient (Wildman–Crippen LogP) is 3.56. The highest BCUT2D eigenvalue weighted by molar-refractivity contribution is 14.0. The fourth-order valence-electron chi connectivity index (χ4n) is 2.85. The van der Waals surface area contributed by atoms with Crippen LogP contribution in [0.25, 0.3) is 0 Å². The number of carbonyl (C=O) groups excluding carboxylic acids is 1. The van der Waals surface area contributed by atoms with Crippen LogP contribution in [0.4, 0.5) is 4.79 Å². The van der Waals surface area contributed by atoms with Crippen LogP contribution in [-0.2, 0) is 4.74 Å². The first kappa shape index (κ1) is 24.3. The summed E-state index contributed by atoms with van der Waals surface area (Å²) >= 11 is 0. The number of unbranched alkanes of at least 4 members (excludes halogenated alkanes) is 1. The highest BCUT2D eigenvalue weighted by Crippen LogP contribution is 2.19. The van der Waals surface area contributed by atoms with Crippen molar-refractivity contribution in [3.63, 3.8) is 0 Å². The Balaban J connectivity index is 0.00000576. The molecule has 1 amide bonds. The van der Waals surface area contributed by atoms with Gasteiger partial charge in [0.25, 0.3) is 0 Å². The topological polar surface area (TPSA) is 57.2 Å². The van der Waals surface area contributed by atoms with Crippen molar-refractivity contribution in [1.29, 1.82) is 0 Å². The number of ether oxygens (including phenoxy) is 1. The van der Waals surface area contributed by atoms with Gasteiger partial charge in [0, 0.05) is 40.3 Å². The van der Waals surface area contributed by atoms with Gasteiger partial charge in [-0.05, 0) is 46.0 Å². The lowest BCUT2D eigenvalue weighted by Gasteiger charge is -2.34. The molecule has 0 spiro atoms. The van der Waals surface area contributed by atoms with Crippen LogP contribution in [0.2, 0.25) is 0 Å². The van der Waals surface area contributed by atoms with Crippen molar-refractivity contribution >= 4 is 36.0 Å². The first-order valence-electron chi connectivity index (χ1n) is 9.16. The highest BCUT2D eigenvalue weighted by atomic mass is 127. The number of halogens is 1. The van der Waals surface area contributed by atoms with Crippen molar-refractivity contribution in [2.45, 2.75) is 59.0 Å². The maximum Gasteiger partial charge on any atom is 0.410 e. The van der Waals surface area contributed by atoms with Crippen LogP contribution in [0.5, 0.6) is 0 Å². The maximum atomic E-state index is 12.2. The largest absolute Gasteiger partial charge is 0.444 e. The average molecular weight is 468 g/mol. The summed E-state index contributed by atoms with van der Waals surface area (Å²) in [6.45, 7) is 11.3. The summed E-state index contributed by atoms with van der Waals surface area (Å²) in [6, 6.07) is 0. The molecule has 1 heterocycles. The quantitative estimate of drug-likeness (QED) is 0.381. The zero-order valence-electron chi connectivity index (χ0n) is 16.8. The lowest BCUT2D eigenvalue weighted by atomic mass is 9.98. The fraction of sp³-hybridized carbons (Fsp3) is 0.889. The summed E-state index contributed by atoms with van der Waals surface area (Å²) in [5, 5.41) is 3.45. The molecule has 7 heteroatoms. The Morgan fingerprint density at radius 2 is 2.08 bits per heavy atom. The zero-order chi connectivity index (χ0) is 18.2. The molecule has 0 bridgehead atoms.